The number of rotatable bonds is 6. The zero-order valence-corrected chi connectivity index (χ0v) is 15.9. The maximum absolute atomic E-state index is 12.8. The summed E-state index contributed by atoms with van der Waals surface area (Å²) in [6.45, 7) is 1.60. The second-order valence-corrected chi connectivity index (χ2v) is 6.95. The number of aryl methyl sites for hydroxylation is 1. The SMILES string of the molecule is C[C@@H](NC(=O)COc1ccccc1)C(=O)N(C)[C@H]1CCCc2ccccc21. The van der Waals surface area contributed by atoms with Gasteiger partial charge in [-0.25, -0.2) is 0 Å². The minimum atomic E-state index is -0.601. The molecule has 0 heterocycles. The van der Waals surface area contributed by atoms with E-state index in [1.807, 2.05) is 37.4 Å². The molecule has 0 bridgehead atoms. The maximum Gasteiger partial charge on any atom is 0.258 e. The van der Waals surface area contributed by atoms with Gasteiger partial charge in [-0.3, -0.25) is 9.59 Å². The Morgan fingerprint density at radius 3 is 2.63 bits per heavy atom. The first-order valence-corrected chi connectivity index (χ1v) is 9.38. The Morgan fingerprint density at radius 1 is 1.15 bits per heavy atom. The van der Waals surface area contributed by atoms with Gasteiger partial charge in [-0.1, -0.05) is 42.5 Å². The van der Waals surface area contributed by atoms with Gasteiger partial charge in [-0.05, 0) is 49.4 Å². The molecule has 0 aliphatic heterocycles. The predicted octanol–water partition coefficient (Wildman–Crippen LogP) is 3.11. The van der Waals surface area contributed by atoms with Crippen molar-refractivity contribution in [2.75, 3.05) is 13.7 Å². The minimum absolute atomic E-state index is 0.0578. The molecule has 0 aromatic heterocycles. The van der Waals surface area contributed by atoms with Crippen molar-refractivity contribution in [2.45, 2.75) is 38.3 Å². The Bertz CT molecular complexity index is 791. The number of amides is 2. The van der Waals surface area contributed by atoms with Crippen molar-refractivity contribution in [3.05, 3.63) is 65.7 Å². The Labute approximate surface area is 160 Å². The van der Waals surface area contributed by atoms with Crippen LogP contribution in [-0.4, -0.2) is 36.4 Å². The van der Waals surface area contributed by atoms with E-state index in [0.717, 1.165) is 19.3 Å². The first kappa shape index (κ1) is 19.0. The molecule has 1 aliphatic rings. The quantitative estimate of drug-likeness (QED) is 0.855. The van der Waals surface area contributed by atoms with E-state index in [0.29, 0.717) is 5.75 Å². The van der Waals surface area contributed by atoms with Crippen molar-refractivity contribution in [2.24, 2.45) is 0 Å². The number of carbonyl (C=O) groups is 2. The highest BCUT2D eigenvalue weighted by molar-refractivity contribution is 5.88. The van der Waals surface area contributed by atoms with Crippen LogP contribution < -0.4 is 10.1 Å². The number of hydrogen-bond acceptors (Lipinski definition) is 3. The highest BCUT2D eigenvalue weighted by Crippen LogP contribution is 2.33. The standard InChI is InChI=1S/C22H26N2O3/c1-16(23-21(25)15-27-18-11-4-3-5-12-18)22(26)24(2)20-14-8-10-17-9-6-7-13-19(17)20/h3-7,9,11-13,16,20H,8,10,14-15H2,1-2H3,(H,23,25)/t16-,20+/m1/s1. The summed E-state index contributed by atoms with van der Waals surface area (Å²) >= 11 is 0. The first-order chi connectivity index (χ1) is 13.1. The molecule has 0 saturated carbocycles. The van der Waals surface area contributed by atoms with Crippen LogP contribution in [0.5, 0.6) is 5.75 Å². The van der Waals surface area contributed by atoms with E-state index in [1.54, 1.807) is 24.0 Å². The van der Waals surface area contributed by atoms with Crippen LogP contribution in [0.3, 0.4) is 0 Å². The van der Waals surface area contributed by atoms with Crippen LogP contribution in [0, 0.1) is 0 Å². The molecule has 0 radical (unpaired) electrons. The summed E-state index contributed by atoms with van der Waals surface area (Å²) in [6.07, 6.45) is 3.06. The van der Waals surface area contributed by atoms with E-state index in [1.165, 1.54) is 11.1 Å². The second kappa shape index (κ2) is 8.71. The molecule has 1 aliphatic carbocycles. The van der Waals surface area contributed by atoms with Gasteiger partial charge >= 0.3 is 0 Å². The monoisotopic (exact) mass is 366 g/mol. The molecule has 27 heavy (non-hydrogen) atoms. The van der Waals surface area contributed by atoms with Gasteiger partial charge in [-0.15, -0.1) is 0 Å². The van der Waals surface area contributed by atoms with Gasteiger partial charge in [-0.2, -0.15) is 0 Å². The minimum Gasteiger partial charge on any atom is -0.484 e. The van der Waals surface area contributed by atoms with Gasteiger partial charge in [0.25, 0.3) is 5.91 Å². The lowest BCUT2D eigenvalue weighted by Gasteiger charge is -2.34. The fraction of sp³-hybridized carbons (Fsp3) is 0.364. The number of ether oxygens (including phenoxy) is 1. The van der Waals surface area contributed by atoms with Crippen LogP contribution in [0.15, 0.2) is 54.6 Å². The van der Waals surface area contributed by atoms with Crippen molar-refractivity contribution < 1.29 is 14.3 Å². The number of nitrogens with zero attached hydrogens (tertiary/aromatic N) is 1. The van der Waals surface area contributed by atoms with E-state index in [2.05, 4.69) is 17.4 Å². The summed E-state index contributed by atoms with van der Waals surface area (Å²) < 4.78 is 5.43. The van der Waals surface area contributed by atoms with E-state index >= 15 is 0 Å². The second-order valence-electron chi connectivity index (χ2n) is 6.95. The van der Waals surface area contributed by atoms with Crippen molar-refractivity contribution >= 4 is 11.8 Å². The molecular formula is C22H26N2O3. The number of benzene rings is 2. The zero-order valence-electron chi connectivity index (χ0n) is 15.9. The number of carbonyl (C=O) groups excluding carboxylic acids is 2. The van der Waals surface area contributed by atoms with Gasteiger partial charge < -0.3 is 15.0 Å². The molecular weight excluding hydrogens is 340 g/mol. The van der Waals surface area contributed by atoms with Crippen LogP contribution in [0.4, 0.5) is 0 Å². The van der Waals surface area contributed by atoms with Crippen molar-refractivity contribution in [3.8, 4) is 5.75 Å². The largest absolute Gasteiger partial charge is 0.484 e. The van der Waals surface area contributed by atoms with Crippen molar-refractivity contribution in [1.29, 1.82) is 0 Å². The summed E-state index contributed by atoms with van der Waals surface area (Å²) in [4.78, 5) is 26.7. The summed E-state index contributed by atoms with van der Waals surface area (Å²) in [5.74, 6) is 0.226. The third-order valence-electron chi connectivity index (χ3n) is 5.01. The number of hydrogen-bond donors (Lipinski definition) is 1. The lowest BCUT2D eigenvalue weighted by Crippen LogP contribution is -2.48. The van der Waals surface area contributed by atoms with Gasteiger partial charge in [0.15, 0.2) is 6.61 Å². The maximum atomic E-state index is 12.8. The lowest BCUT2D eigenvalue weighted by molar-refractivity contribution is -0.137. The van der Waals surface area contributed by atoms with Crippen LogP contribution in [0.2, 0.25) is 0 Å². The van der Waals surface area contributed by atoms with E-state index in [-0.39, 0.29) is 24.5 Å². The average Bonchev–Trinajstić information content (AvgIpc) is 2.71. The first-order valence-electron chi connectivity index (χ1n) is 9.38. The van der Waals surface area contributed by atoms with E-state index < -0.39 is 6.04 Å². The Morgan fingerprint density at radius 2 is 1.85 bits per heavy atom. The zero-order chi connectivity index (χ0) is 19.2. The highest BCUT2D eigenvalue weighted by Gasteiger charge is 2.29. The number of para-hydroxylation sites is 1. The van der Waals surface area contributed by atoms with Gasteiger partial charge in [0.2, 0.25) is 5.91 Å². The smallest absolute Gasteiger partial charge is 0.258 e. The molecule has 5 nitrogen and oxygen atoms in total. The molecule has 0 fully saturated rings. The third-order valence-corrected chi connectivity index (χ3v) is 5.01. The molecule has 2 aromatic carbocycles. The normalized spacial score (nSPS) is 16.7. The van der Waals surface area contributed by atoms with Crippen LogP contribution in [-0.2, 0) is 16.0 Å². The number of nitrogens with one attached hydrogen (secondary N) is 1. The lowest BCUT2D eigenvalue weighted by atomic mass is 9.87. The van der Waals surface area contributed by atoms with Gasteiger partial charge in [0.05, 0.1) is 6.04 Å². The van der Waals surface area contributed by atoms with Crippen LogP contribution in [0.1, 0.15) is 36.9 Å². The molecule has 0 unspecified atom stereocenters. The van der Waals surface area contributed by atoms with E-state index in [4.69, 9.17) is 4.74 Å². The molecule has 3 rings (SSSR count). The summed E-state index contributed by atoms with van der Waals surface area (Å²) in [7, 11) is 1.82. The number of fused-ring (bicyclic) bond motifs is 1. The van der Waals surface area contributed by atoms with Crippen LogP contribution in [0.25, 0.3) is 0 Å². The van der Waals surface area contributed by atoms with Crippen molar-refractivity contribution in [1.82, 2.24) is 10.2 Å². The molecule has 2 amide bonds. The molecule has 142 valence electrons. The summed E-state index contributed by atoms with van der Waals surface area (Å²) in [5, 5.41) is 2.74. The fourth-order valence-electron chi connectivity index (χ4n) is 3.60. The molecule has 0 spiro atoms. The average molecular weight is 366 g/mol. The fourth-order valence-corrected chi connectivity index (χ4v) is 3.60. The Balaban J connectivity index is 1.56. The topological polar surface area (TPSA) is 58.6 Å². The highest BCUT2D eigenvalue weighted by atomic mass is 16.5. The third kappa shape index (κ3) is 4.67. The Kier molecular flexibility index (Phi) is 6.12. The Hall–Kier alpha value is -2.82. The number of likely N-dealkylation sites (N-methyl/N-ethyl adjacent to an activating group) is 1. The van der Waals surface area contributed by atoms with Gasteiger partial charge in [0, 0.05) is 7.05 Å². The molecule has 2 atom stereocenters. The summed E-state index contributed by atoms with van der Waals surface area (Å²) in [5.41, 5.74) is 2.52. The predicted molar refractivity (Wildman–Crippen MR) is 104 cm³/mol. The van der Waals surface area contributed by atoms with Gasteiger partial charge in [0.1, 0.15) is 11.8 Å². The van der Waals surface area contributed by atoms with Crippen LogP contribution >= 0.6 is 0 Å². The summed E-state index contributed by atoms with van der Waals surface area (Å²) in [6, 6.07) is 16.9. The van der Waals surface area contributed by atoms with E-state index in [9.17, 15) is 9.59 Å². The molecule has 5 heteroatoms. The molecule has 0 saturated heterocycles. The van der Waals surface area contributed by atoms with Crippen molar-refractivity contribution in [3.63, 3.8) is 0 Å². The molecule has 2 aromatic rings. The molecule has 1 N–H and O–H groups in total.